The van der Waals surface area contributed by atoms with Crippen molar-refractivity contribution in [1.29, 1.82) is 0 Å². The van der Waals surface area contributed by atoms with Gasteiger partial charge in [0.05, 0.1) is 0 Å². The van der Waals surface area contributed by atoms with Crippen molar-refractivity contribution in [3.63, 3.8) is 0 Å². The van der Waals surface area contributed by atoms with Gasteiger partial charge in [-0.2, -0.15) is 0 Å². The van der Waals surface area contributed by atoms with Crippen molar-refractivity contribution in [3.8, 4) is 0 Å². The number of thioether (sulfide) groups is 1. The Kier molecular flexibility index (Phi) is 6.02. The normalized spacial score (nSPS) is 18.8. The highest BCUT2D eigenvalue weighted by Gasteiger charge is 2.17. The Morgan fingerprint density at radius 3 is 3.06 bits per heavy atom. The van der Waals surface area contributed by atoms with Gasteiger partial charge in [0, 0.05) is 19.8 Å². The van der Waals surface area contributed by atoms with Crippen molar-refractivity contribution in [2.45, 2.75) is 11.6 Å². The lowest BCUT2D eigenvalue weighted by Gasteiger charge is -2.21. The molecule has 96 valence electrons. The maximum atomic E-state index is 4.49. The van der Waals surface area contributed by atoms with Gasteiger partial charge in [-0.1, -0.05) is 11.8 Å². The summed E-state index contributed by atoms with van der Waals surface area (Å²) in [5.74, 6) is 1.77. The van der Waals surface area contributed by atoms with E-state index < -0.39 is 0 Å². The van der Waals surface area contributed by atoms with Crippen LogP contribution in [0, 0.1) is 5.92 Å². The Labute approximate surface area is 113 Å². The largest absolute Gasteiger partial charge is 0.359 e. The molecule has 0 radical (unpaired) electrons. The lowest BCUT2D eigenvalue weighted by Crippen LogP contribution is -2.27. The van der Waals surface area contributed by atoms with Crippen molar-refractivity contribution in [2.24, 2.45) is 5.92 Å². The summed E-state index contributed by atoms with van der Waals surface area (Å²) < 4.78 is 0. The van der Waals surface area contributed by atoms with E-state index in [2.05, 4.69) is 27.2 Å². The van der Waals surface area contributed by atoms with Gasteiger partial charge >= 0.3 is 0 Å². The number of aromatic nitrogens is 2. The second-order valence-electron chi connectivity index (χ2n) is 4.14. The third-order valence-corrected chi connectivity index (χ3v) is 3.45. The molecule has 0 amide bonds. The van der Waals surface area contributed by atoms with E-state index in [1.165, 1.54) is 6.42 Å². The molecule has 0 aliphatic carbocycles. The molecule has 1 fully saturated rings. The second kappa shape index (κ2) is 7.03. The minimum atomic E-state index is 0. The number of nitrogens with zero attached hydrogens (tertiary/aromatic N) is 3. The van der Waals surface area contributed by atoms with Crippen molar-refractivity contribution in [2.75, 3.05) is 37.8 Å². The molecule has 17 heavy (non-hydrogen) atoms. The summed E-state index contributed by atoms with van der Waals surface area (Å²) in [7, 11) is 2.10. The van der Waals surface area contributed by atoms with Crippen LogP contribution in [-0.4, -0.2) is 42.9 Å². The standard InChI is InChI=1S/C11H18N4S.ClH/c1-15(8-9-3-5-12-7-9)10-4-6-13-11(14-10)16-2;/h4,6,9,12H,3,5,7-8H2,1-2H3;1H. The number of nitrogens with one attached hydrogen (secondary N) is 1. The zero-order valence-corrected chi connectivity index (χ0v) is 11.9. The molecule has 0 bridgehead atoms. The Bertz CT molecular complexity index is 344. The molecule has 1 aliphatic rings. The Morgan fingerprint density at radius 1 is 1.59 bits per heavy atom. The molecule has 1 aliphatic heterocycles. The quantitative estimate of drug-likeness (QED) is 0.668. The molecule has 0 aromatic carbocycles. The van der Waals surface area contributed by atoms with Crippen molar-refractivity contribution in [1.82, 2.24) is 15.3 Å². The smallest absolute Gasteiger partial charge is 0.189 e. The molecule has 1 N–H and O–H groups in total. The molecule has 1 aromatic heterocycles. The van der Waals surface area contributed by atoms with Gasteiger partial charge < -0.3 is 10.2 Å². The van der Waals surface area contributed by atoms with Crippen LogP contribution in [-0.2, 0) is 0 Å². The Morgan fingerprint density at radius 2 is 2.41 bits per heavy atom. The first-order chi connectivity index (χ1) is 7.79. The number of rotatable bonds is 4. The first-order valence-corrected chi connectivity index (χ1v) is 6.81. The lowest BCUT2D eigenvalue weighted by atomic mass is 10.1. The fraction of sp³-hybridized carbons (Fsp3) is 0.636. The molecule has 6 heteroatoms. The van der Waals surface area contributed by atoms with Crippen LogP contribution >= 0.6 is 24.2 Å². The van der Waals surface area contributed by atoms with Gasteiger partial charge in [-0.25, -0.2) is 9.97 Å². The number of hydrogen-bond donors (Lipinski definition) is 1. The minimum Gasteiger partial charge on any atom is -0.359 e. The fourth-order valence-corrected chi connectivity index (χ4v) is 2.34. The Hall–Kier alpha value is -0.520. The minimum absolute atomic E-state index is 0. The SMILES string of the molecule is CSc1nccc(N(C)CC2CCNC2)n1.Cl. The summed E-state index contributed by atoms with van der Waals surface area (Å²) in [6.07, 6.45) is 5.10. The van der Waals surface area contributed by atoms with Crippen molar-refractivity contribution in [3.05, 3.63) is 12.3 Å². The predicted molar refractivity (Wildman–Crippen MR) is 75.3 cm³/mol. The topological polar surface area (TPSA) is 41.1 Å². The van der Waals surface area contributed by atoms with E-state index in [1.807, 2.05) is 18.5 Å². The molecule has 4 nitrogen and oxygen atoms in total. The van der Waals surface area contributed by atoms with Gasteiger partial charge in [0.1, 0.15) is 5.82 Å². The highest BCUT2D eigenvalue weighted by molar-refractivity contribution is 7.98. The average molecular weight is 275 g/mol. The molecule has 1 saturated heterocycles. The van der Waals surface area contributed by atoms with Crippen LogP contribution in [0.3, 0.4) is 0 Å². The summed E-state index contributed by atoms with van der Waals surface area (Å²) in [5.41, 5.74) is 0. The van der Waals surface area contributed by atoms with Gasteiger partial charge in [-0.3, -0.25) is 0 Å². The highest BCUT2D eigenvalue weighted by Crippen LogP contribution is 2.16. The van der Waals surface area contributed by atoms with Crippen LogP contribution < -0.4 is 10.2 Å². The summed E-state index contributed by atoms with van der Waals surface area (Å²) >= 11 is 1.58. The monoisotopic (exact) mass is 274 g/mol. The molecular formula is C11H19ClN4S. The third-order valence-electron chi connectivity index (χ3n) is 2.89. The van der Waals surface area contributed by atoms with Crippen molar-refractivity contribution < 1.29 is 0 Å². The first-order valence-electron chi connectivity index (χ1n) is 5.58. The van der Waals surface area contributed by atoms with Gasteiger partial charge in [0.2, 0.25) is 0 Å². The predicted octanol–water partition coefficient (Wildman–Crippen LogP) is 1.67. The fourth-order valence-electron chi connectivity index (χ4n) is 1.99. The van der Waals surface area contributed by atoms with E-state index in [-0.39, 0.29) is 12.4 Å². The van der Waals surface area contributed by atoms with Crippen LogP contribution in [0.25, 0.3) is 0 Å². The van der Waals surface area contributed by atoms with Crippen molar-refractivity contribution >= 4 is 30.0 Å². The zero-order valence-electron chi connectivity index (χ0n) is 10.2. The lowest BCUT2D eigenvalue weighted by molar-refractivity contribution is 0.574. The molecule has 2 heterocycles. The third kappa shape index (κ3) is 4.01. The van der Waals surface area contributed by atoms with Gasteiger partial charge in [-0.05, 0) is 37.8 Å². The van der Waals surface area contributed by atoms with E-state index in [0.717, 1.165) is 36.5 Å². The molecule has 1 atom stereocenters. The number of halogens is 1. The second-order valence-corrected chi connectivity index (χ2v) is 4.91. The van der Waals surface area contributed by atoms with Crippen LogP contribution in [0.15, 0.2) is 17.4 Å². The van der Waals surface area contributed by atoms with E-state index in [9.17, 15) is 0 Å². The van der Waals surface area contributed by atoms with E-state index in [4.69, 9.17) is 0 Å². The maximum Gasteiger partial charge on any atom is 0.189 e. The van der Waals surface area contributed by atoms with Crippen LogP contribution in [0.2, 0.25) is 0 Å². The molecule has 0 spiro atoms. The number of anilines is 1. The summed E-state index contributed by atoms with van der Waals surface area (Å²) in [4.78, 5) is 10.9. The van der Waals surface area contributed by atoms with Gasteiger partial charge in [0.15, 0.2) is 5.16 Å². The number of hydrogen-bond acceptors (Lipinski definition) is 5. The molecule has 1 aromatic rings. The summed E-state index contributed by atoms with van der Waals surface area (Å²) in [6, 6.07) is 1.97. The van der Waals surface area contributed by atoms with Crippen LogP contribution in [0.1, 0.15) is 6.42 Å². The van der Waals surface area contributed by atoms with Gasteiger partial charge in [0.25, 0.3) is 0 Å². The van der Waals surface area contributed by atoms with Crippen LogP contribution in [0.4, 0.5) is 5.82 Å². The van der Waals surface area contributed by atoms with E-state index in [1.54, 1.807) is 11.8 Å². The Balaban J connectivity index is 0.00000144. The summed E-state index contributed by atoms with van der Waals surface area (Å²) in [5, 5.41) is 4.23. The molecule has 1 unspecified atom stereocenters. The van der Waals surface area contributed by atoms with Gasteiger partial charge in [-0.15, -0.1) is 12.4 Å². The average Bonchev–Trinajstić information content (AvgIpc) is 2.82. The maximum absolute atomic E-state index is 4.49. The van der Waals surface area contributed by atoms with Crippen LogP contribution in [0.5, 0.6) is 0 Å². The van der Waals surface area contributed by atoms with E-state index >= 15 is 0 Å². The molecule has 0 saturated carbocycles. The first kappa shape index (κ1) is 14.5. The molecular weight excluding hydrogens is 256 g/mol. The van der Waals surface area contributed by atoms with E-state index in [0.29, 0.717) is 0 Å². The summed E-state index contributed by atoms with van der Waals surface area (Å²) in [6.45, 7) is 3.35. The highest BCUT2D eigenvalue weighted by atomic mass is 35.5. The molecule has 2 rings (SSSR count). The zero-order chi connectivity index (χ0) is 11.4.